The third-order valence-corrected chi connectivity index (χ3v) is 5.03. The molecule has 0 aliphatic carbocycles. The Balaban J connectivity index is 1.54. The van der Waals surface area contributed by atoms with Gasteiger partial charge in [0.15, 0.2) is 6.61 Å². The van der Waals surface area contributed by atoms with E-state index in [9.17, 15) is 19.2 Å². The first-order chi connectivity index (χ1) is 13.4. The molecule has 1 aliphatic heterocycles. The standard InChI is InChI=1S/C19H19N3O5S/c1-19(9-7-13-5-3-2-4-6-13)17(25)22(18(26)20-19)21-15(23)11-27-16(24)14-8-10-28-12-14/h2-6,8,10,12H,7,9,11H2,1H3,(H,20,26)(H,21,23)/t19-/m1/s1. The predicted molar refractivity (Wildman–Crippen MR) is 101 cm³/mol. The summed E-state index contributed by atoms with van der Waals surface area (Å²) in [5.74, 6) is -1.99. The number of esters is 1. The first kappa shape index (κ1) is 19.6. The van der Waals surface area contributed by atoms with Crippen molar-refractivity contribution in [2.45, 2.75) is 25.3 Å². The molecule has 146 valence electrons. The molecule has 1 aromatic carbocycles. The zero-order valence-electron chi connectivity index (χ0n) is 15.1. The first-order valence-electron chi connectivity index (χ1n) is 8.58. The highest BCUT2D eigenvalue weighted by atomic mass is 32.1. The lowest BCUT2D eigenvalue weighted by atomic mass is 9.93. The van der Waals surface area contributed by atoms with Gasteiger partial charge in [-0.05, 0) is 36.8 Å². The molecule has 28 heavy (non-hydrogen) atoms. The number of amides is 4. The van der Waals surface area contributed by atoms with Gasteiger partial charge in [0, 0.05) is 5.38 Å². The number of thiophene rings is 1. The van der Waals surface area contributed by atoms with Gasteiger partial charge in [0.05, 0.1) is 5.56 Å². The fourth-order valence-electron chi connectivity index (χ4n) is 2.75. The molecule has 2 aromatic rings. The van der Waals surface area contributed by atoms with Crippen molar-refractivity contribution in [2.75, 3.05) is 6.61 Å². The van der Waals surface area contributed by atoms with E-state index in [-0.39, 0.29) is 0 Å². The summed E-state index contributed by atoms with van der Waals surface area (Å²) in [4.78, 5) is 48.5. The van der Waals surface area contributed by atoms with Gasteiger partial charge in [0.2, 0.25) is 0 Å². The number of hydrogen-bond acceptors (Lipinski definition) is 6. The smallest absolute Gasteiger partial charge is 0.344 e. The number of ether oxygens (including phenoxy) is 1. The molecule has 8 nitrogen and oxygen atoms in total. The Morgan fingerprint density at radius 1 is 1.21 bits per heavy atom. The molecule has 0 unspecified atom stereocenters. The summed E-state index contributed by atoms with van der Waals surface area (Å²) in [6, 6.07) is 10.4. The third-order valence-electron chi connectivity index (χ3n) is 4.35. The van der Waals surface area contributed by atoms with Gasteiger partial charge in [-0.15, -0.1) is 0 Å². The number of hydrazine groups is 1. The highest BCUT2D eigenvalue weighted by molar-refractivity contribution is 7.08. The summed E-state index contributed by atoms with van der Waals surface area (Å²) in [5.41, 5.74) is 2.43. The van der Waals surface area contributed by atoms with Crippen LogP contribution in [0.2, 0.25) is 0 Å². The number of aryl methyl sites for hydroxylation is 1. The SMILES string of the molecule is C[C@]1(CCc2ccccc2)NC(=O)N(NC(=O)COC(=O)c2ccsc2)C1=O. The highest BCUT2D eigenvalue weighted by Gasteiger charge is 2.48. The summed E-state index contributed by atoms with van der Waals surface area (Å²) in [7, 11) is 0. The normalized spacial score (nSPS) is 18.7. The molecule has 2 N–H and O–H groups in total. The van der Waals surface area contributed by atoms with Crippen molar-refractivity contribution in [1.82, 2.24) is 15.8 Å². The van der Waals surface area contributed by atoms with E-state index < -0.39 is 36.0 Å². The minimum atomic E-state index is -1.13. The van der Waals surface area contributed by atoms with E-state index in [1.165, 1.54) is 11.3 Å². The highest BCUT2D eigenvalue weighted by Crippen LogP contribution is 2.22. The van der Waals surface area contributed by atoms with Gasteiger partial charge >= 0.3 is 12.0 Å². The molecule has 0 saturated carbocycles. The molecule has 3 rings (SSSR count). The Kier molecular flexibility index (Phi) is 5.74. The van der Waals surface area contributed by atoms with Crippen LogP contribution in [-0.2, 0) is 20.7 Å². The molecule has 9 heteroatoms. The van der Waals surface area contributed by atoms with Gasteiger partial charge in [-0.2, -0.15) is 16.3 Å². The molecule has 0 spiro atoms. The second-order valence-corrected chi connectivity index (χ2v) is 7.29. The summed E-state index contributed by atoms with van der Waals surface area (Å²) in [6.45, 7) is 1.01. The number of hydrogen-bond donors (Lipinski definition) is 2. The van der Waals surface area contributed by atoms with Crippen LogP contribution in [0.3, 0.4) is 0 Å². The van der Waals surface area contributed by atoms with Crippen LogP contribution in [0.25, 0.3) is 0 Å². The number of carbonyl (C=O) groups is 4. The van der Waals surface area contributed by atoms with Crippen LogP contribution in [0.1, 0.15) is 29.3 Å². The predicted octanol–water partition coefficient (Wildman–Crippen LogP) is 1.88. The third kappa shape index (κ3) is 4.37. The number of nitrogens with one attached hydrogen (secondary N) is 2. The van der Waals surface area contributed by atoms with Crippen LogP contribution in [0, 0.1) is 0 Å². The van der Waals surface area contributed by atoms with Crippen molar-refractivity contribution in [3.63, 3.8) is 0 Å². The summed E-state index contributed by atoms with van der Waals surface area (Å²) in [6.07, 6.45) is 0.963. The van der Waals surface area contributed by atoms with Crippen LogP contribution in [0.5, 0.6) is 0 Å². The minimum absolute atomic E-state index is 0.335. The van der Waals surface area contributed by atoms with Gasteiger partial charge in [0.25, 0.3) is 11.8 Å². The molecule has 2 heterocycles. The van der Waals surface area contributed by atoms with Crippen molar-refractivity contribution in [1.29, 1.82) is 0 Å². The number of nitrogens with zero attached hydrogens (tertiary/aromatic N) is 1. The van der Waals surface area contributed by atoms with Gasteiger partial charge in [-0.25, -0.2) is 9.59 Å². The monoisotopic (exact) mass is 401 g/mol. The molecule has 1 aromatic heterocycles. The minimum Gasteiger partial charge on any atom is -0.452 e. The Morgan fingerprint density at radius 3 is 2.64 bits per heavy atom. The number of benzene rings is 1. The van der Waals surface area contributed by atoms with Crippen LogP contribution < -0.4 is 10.7 Å². The van der Waals surface area contributed by atoms with Gasteiger partial charge < -0.3 is 10.1 Å². The average Bonchev–Trinajstić information content (AvgIpc) is 3.29. The summed E-state index contributed by atoms with van der Waals surface area (Å²) < 4.78 is 4.87. The summed E-state index contributed by atoms with van der Waals surface area (Å²) in [5, 5.41) is 6.54. The molecular weight excluding hydrogens is 382 g/mol. The molecule has 1 atom stereocenters. The molecule has 0 bridgehead atoms. The second kappa shape index (κ2) is 8.22. The lowest BCUT2D eigenvalue weighted by Crippen LogP contribution is -2.50. The van der Waals surface area contributed by atoms with Crippen LogP contribution >= 0.6 is 11.3 Å². The molecule has 1 saturated heterocycles. The lowest BCUT2D eigenvalue weighted by Gasteiger charge is -2.21. The molecule has 4 amide bonds. The van der Waals surface area contributed by atoms with E-state index in [1.807, 2.05) is 30.3 Å². The molecule has 1 fully saturated rings. The van der Waals surface area contributed by atoms with E-state index in [0.29, 0.717) is 23.4 Å². The molecule has 0 radical (unpaired) electrons. The number of imide groups is 1. The number of carbonyl (C=O) groups excluding carboxylic acids is 4. The fourth-order valence-corrected chi connectivity index (χ4v) is 3.37. The van der Waals surface area contributed by atoms with E-state index in [2.05, 4.69) is 10.7 Å². The zero-order chi connectivity index (χ0) is 20.1. The maximum atomic E-state index is 12.6. The number of rotatable bonds is 7. The van der Waals surface area contributed by atoms with Gasteiger partial charge in [-0.1, -0.05) is 30.3 Å². The topological polar surface area (TPSA) is 105 Å². The fraction of sp³-hybridized carbons (Fsp3) is 0.263. The largest absolute Gasteiger partial charge is 0.452 e. The lowest BCUT2D eigenvalue weighted by molar-refractivity contribution is -0.140. The van der Waals surface area contributed by atoms with Crippen LogP contribution in [0.4, 0.5) is 4.79 Å². The number of urea groups is 1. The van der Waals surface area contributed by atoms with E-state index in [1.54, 1.807) is 23.8 Å². The van der Waals surface area contributed by atoms with Gasteiger partial charge in [-0.3, -0.25) is 15.0 Å². The average molecular weight is 401 g/mol. The molecule has 1 aliphatic rings. The van der Waals surface area contributed by atoms with E-state index >= 15 is 0 Å². The van der Waals surface area contributed by atoms with E-state index in [4.69, 9.17) is 4.74 Å². The van der Waals surface area contributed by atoms with Crippen molar-refractivity contribution in [2.24, 2.45) is 0 Å². The van der Waals surface area contributed by atoms with Crippen LogP contribution in [0.15, 0.2) is 47.2 Å². The van der Waals surface area contributed by atoms with Crippen molar-refractivity contribution < 1.29 is 23.9 Å². The maximum absolute atomic E-state index is 12.6. The van der Waals surface area contributed by atoms with Crippen molar-refractivity contribution in [3.05, 3.63) is 58.3 Å². The van der Waals surface area contributed by atoms with Crippen molar-refractivity contribution in [3.8, 4) is 0 Å². The Hall–Kier alpha value is -3.20. The van der Waals surface area contributed by atoms with E-state index in [0.717, 1.165) is 5.56 Å². The second-order valence-electron chi connectivity index (χ2n) is 6.51. The first-order valence-corrected chi connectivity index (χ1v) is 9.53. The maximum Gasteiger partial charge on any atom is 0.344 e. The Labute approximate surface area is 165 Å². The van der Waals surface area contributed by atoms with Crippen LogP contribution in [-0.4, -0.2) is 41.0 Å². The summed E-state index contributed by atoms with van der Waals surface area (Å²) >= 11 is 1.32. The van der Waals surface area contributed by atoms with Crippen molar-refractivity contribution >= 4 is 35.2 Å². The quantitative estimate of drug-likeness (QED) is 0.544. The zero-order valence-corrected chi connectivity index (χ0v) is 16.0. The Bertz CT molecular complexity index is 884. The van der Waals surface area contributed by atoms with Gasteiger partial charge in [0.1, 0.15) is 5.54 Å². The molecular formula is C19H19N3O5S. The Morgan fingerprint density at radius 2 is 1.96 bits per heavy atom.